The molecule has 1 aromatic rings. The SMILES string of the molecule is CS(=O)(=O)c1ccc(OCC(=O)[O-])cc1. The van der Waals surface area contributed by atoms with Gasteiger partial charge >= 0.3 is 0 Å². The van der Waals surface area contributed by atoms with Crippen LogP contribution in [0.3, 0.4) is 0 Å². The molecule has 0 heterocycles. The summed E-state index contributed by atoms with van der Waals surface area (Å²) in [5.74, 6) is -1.05. The number of sulfone groups is 1. The van der Waals surface area contributed by atoms with E-state index in [4.69, 9.17) is 4.74 Å². The monoisotopic (exact) mass is 229 g/mol. The third kappa shape index (κ3) is 3.59. The van der Waals surface area contributed by atoms with Crippen LogP contribution in [-0.2, 0) is 14.6 Å². The van der Waals surface area contributed by atoms with Crippen LogP contribution in [0.15, 0.2) is 29.2 Å². The molecule has 1 rings (SSSR count). The van der Waals surface area contributed by atoms with Crippen molar-refractivity contribution in [1.29, 1.82) is 0 Å². The molecule has 0 fully saturated rings. The van der Waals surface area contributed by atoms with Crippen molar-refractivity contribution in [2.75, 3.05) is 12.9 Å². The highest BCUT2D eigenvalue weighted by Gasteiger charge is 2.06. The lowest BCUT2D eigenvalue weighted by Crippen LogP contribution is -2.28. The van der Waals surface area contributed by atoms with Crippen molar-refractivity contribution in [2.24, 2.45) is 0 Å². The van der Waals surface area contributed by atoms with Gasteiger partial charge < -0.3 is 14.6 Å². The molecule has 0 radical (unpaired) electrons. The van der Waals surface area contributed by atoms with Crippen molar-refractivity contribution in [3.63, 3.8) is 0 Å². The van der Waals surface area contributed by atoms with Crippen molar-refractivity contribution < 1.29 is 23.1 Å². The minimum atomic E-state index is -3.24. The highest BCUT2D eigenvalue weighted by molar-refractivity contribution is 7.90. The third-order valence-electron chi connectivity index (χ3n) is 1.61. The topological polar surface area (TPSA) is 83.5 Å². The molecule has 0 N–H and O–H groups in total. The predicted molar refractivity (Wildman–Crippen MR) is 50.1 cm³/mol. The van der Waals surface area contributed by atoms with Gasteiger partial charge in [-0.25, -0.2) is 8.42 Å². The smallest absolute Gasteiger partial charge is 0.175 e. The maximum Gasteiger partial charge on any atom is 0.175 e. The summed E-state index contributed by atoms with van der Waals surface area (Å²) in [5.41, 5.74) is 0. The second-order valence-corrected chi connectivity index (χ2v) is 4.92. The lowest BCUT2D eigenvalue weighted by Gasteiger charge is -2.06. The summed E-state index contributed by atoms with van der Waals surface area (Å²) in [7, 11) is -3.24. The van der Waals surface area contributed by atoms with E-state index in [0.29, 0.717) is 0 Å². The Kier molecular flexibility index (Phi) is 3.31. The molecule has 5 nitrogen and oxygen atoms in total. The average molecular weight is 229 g/mol. The van der Waals surface area contributed by atoms with Crippen LogP contribution in [0.5, 0.6) is 5.75 Å². The van der Waals surface area contributed by atoms with Crippen LogP contribution in [0.4, 0.5) is 0 Å². The van der Waals surface area contributed by atoms with Crippen molar-refractivity contribution >= 4 is 15.8 Å². The van der Waals surface area contributed by atoms with Gasteiger partial charge in [0.15, 0.2) is 9.84 Å². The summed E-state index contributed by atoms with van der Waals surface area (Å²) in [6, 6.07) is 5.47. The molecule has 82 valence electrons. The number of carboxylic acid groups (broad SMARTS) is 1. The minimum absolute atomic E-state index is 0.156. The summed E-state index contributed by atoms with van der Waals surface area (Å²) in [4.78, 5) is 10.2. The molecule has 0 amide bonds. The fourth-order valence-electron chi connectivity index (χ4n) is 0.925. The molecular formula is C9H9O5S-. The van der Waals surface area contributed by atoms with E-state index in [1.54, 1.807) is 0 Å². The van der Waals surface area contributed by atoms with Crippen LogP contribution in [0.2, 0.25) is 0 Å². The Morgan fingerprint density at radius 1 is 1.33 bits per heavy atom. The lowest BCUT2D eigenvalue weighted by molar-refractivity contribution is -0.307. The molecule has 0 aliphatic rings. The number of hydrogen-bond donors (Lipinski definition) is 0. The number of carboxylic acids is 1. The van der Waals surface area contributed by atoms with Gasteiger partial charge in [-0.3, -0.25) is 0 Å². The molecule has 0 aliphatic carbocycles. The fourth-order valence-corrected chi connectivity index (χ4v) is 1.56. The molecule has 0 saturated heterocycles. The number of carbonyl (C=O) groups excluding carboxylic acids is 1. The van der Waals surface area contributed by atoms with E-state index < -0.39 is 22.4 Å². The van der Waals surface area contributed by atoms with E-state index in [-0.39, 0.29) is 10.6 Å². The van der Waals surface area contributed by atoms with Crippen LogP contribution < -0.4 is 9.84 Å². The average Bonchev–Trinajstić information content (AvgIpc) is 2.14. The summed E-state index contributed by atoms with van der Waals surface area (Å²) in [6.07, 6.45) is 1.09. The Morgan fingerprint density at radius 2 is 1.87 bits per heavy atom. The van der Waals surface area contributed by atoms with Crippen LogP contribution in [-0.4, -0.2) is 27.2 Å². The first-order chi connectivity index (χ1) is 6.89. The zero-order chi connectivity index (χ0) is 11.5. The molecule has 0 aromatic heterocycles. The van der Waals surface area contributed by atoms with Gasteiger partial charge in [0, 0.05) is 6.26 Å². The molecule has 0 bridgehead atoms. The number of carbonyl (C=O) groups is 1. The molecule has 0 aliphatic heterocycles. The second-order valence-electron chi connectivity index (χ2n) is 2.90. The number of ether oxygens (including phenoxy) is 1. The van der Waals surface area contributed by atoms with Gasteiger partial charge in [0.25, 0.3) is 0 Å². The highest BCUT2D eigenvalue weighted by Crippen LogP contribution is 2.15. The van der Waals surface area contributed by atoms with E-state index in [1.165, 1.54) is 24.3 Å². The molecule has 15 heavy (non-hydrogen) atoms. The summed E-state index contributed by atoms with van der Waals surface area (Å²) >= 11 is 0. The lowest BCUT2D eigenvalue weighted by atomic mass is 10.3. The maximum atomic E-state index is 11.1. The highest BCUT2D eigenvalue weighted by atomic mass is 32.2. The molecule has 0 unspecified atom stereocenters. The van der Waals surface area contributed by atoms with E-state index in [9.17, 15) is 18.3 Å². The van der Waals surface area contributed by atoms with Crippen LogP contribution >= 0.6 is 0 Å². The van der Waals surface area contributed by atoms with Crippen LogP contribution in [0, 0.1) is 0 Å². The molecule has 0 atom stereocenters. The van der Waals surface area contributed by atoms with Gasteiger partial charge in [0.1, 0.15) is 12.4 Å². The molecule has 0 saturated carbocycles. The molecule has 1 aromatic carbocycles. The number of aliphatic carboxylic acids is 1. The van der Waals surface area contributed by atoms with E-state index in [2.05, 4.69) is 0 Å². The standard InChI is InChI=1S/C9H10O5S/c1-15(12,13)8-4-2-7(3-5-8)14-6-9(10)11/h2-5H,6H2,1H3,(H,10,11)/p-1. The Hall–Kier alpha value is -1.56. The molecular weight excluding hydrogens is 220 g/mol. The Labute approximate surface area is 87.2 Å². The van der Waals surface area contributed by atoms with E-state index >= 15 is 0 Å². The normalized spacial score (nSPS) is 11.0. The largest absolute Gasteiger partial charge is 0.546 e. The van der Waals surface area contributed by atoms with E-state index in [0.717, 1.165) is 6.26 Å². The first-order valence-electron chi connectivity index (χ1n) is 4.02. The molecule has 6 heteroatoms. The van der Waals surface area contributed by atoms with Gasteiger partial charge in [-0.15, -0.1) is 0 Å². The van der Waals surface area contributed by atoms with Crippen molar-refractivity contribution in [3.8, 4) is 5.75 Å². The summed E-state index contributed by atoms with van der Waals surface area (Å²) < 4.78 is 26.9. The minimum Gasteiger partial charge on any atom is -0.546 e. The van der Waals surface area contributed by atoms with Gasteiger partial charge in [-0.1, -0.05) is 0 Å². The Bertz CT molecular complexity index is 446. The van der Waals surface area contributed by atoms with Crippen LogP contribution in [0.25, 0.3) is 0 Å². The quantitative estimate of drug-likeness (QED) is 0.676. The van der Waals surface area contributed by atoms with Crippen molar-refractivity contribution in [2.45, 2.75) is 4.90 Å². The van der Waals surface area contributed by atoms with Gasteiger partial charge in [0.2, 0.25) is 0 Å². The van der Waals surface area contributed by atoms with Gasteiger partial charge in [-0.2, -0.15) is 0 Å². The zero-order valence-electron chi connectivity index (χ0n) is 7.97. The maximum absolute atomic E-state index is 11.1. The fraction of sp³-hybridized carbons (Fsp3) is 0.222. The zero-order valence-corrected chi connectivity index (χ0v) is 8.78. The van der Waals surface area contributed by atoms with Gasteiger partial charge in [-0.05, 0) is 24.3 Å². The Morgan fingerprint density at radius 3 is 2.27 bits per heavy atom. The first kappa shape index (κ1) is 11.5. The number of hydrogen-bond acceptors (Lipinski definition) is 5. The number of rotatable bonds is 4. The number of benzene rings is 1. The van der Waals surface area contributed by atoms with Crippen molar-refractivity contribution in [3.05, 3.63) is 24.3 Å². The molecule has 0 spiro atoms. The third-order valence-corrected chi connectivity index (χ3v) is 2.74. The predicted octanol–water partition coefficient (Wildman–Crippen LogP) is -0.781. The summed E-state index contributed by atoms with van der Waals surface area (Å²) in [6.45, 7) is -0.557. The van der Waals surface area contributed by atoms with E-state index in [1.807, 2.05) is 0 Å². The van der Waals surface area contributed by atoms with Crippen LogP contribution in [0.1, 0.15) is 0 Å². The second kappa shape index (κ2) is 4.31. The first-order valence-corrected chi connectivity index (χ1v) is 5.91. The van der Waals surface area contributed by atoms with Crippen molar-refractivity contribution in [1.82, 2.24) is 0 Å². The summed E-state index contributed by atoms with van der Waals surface area (Å²) in [5, 5.41) is 10.1. The Balaban J connectivity index is 2.77. The van der Waals surface area contributed by atoms with Gasteiger partial charge in [0.05, 0.1) is 10.9 Å².